The van der Waals surface area contributed by atoms with Crippen molar-refractivity contribution in [3.05, 3.63) is 48.1 Å². The van der Waals surface area contributed by atoms with Gasteiger partial charge in [-0.3, -0.25) is 10.8 Å². The molecule has 2 aromatic rings. The maximum absolute atomic E-state index is 12.9. The number of nitrogens with two attached hydrogens (primary N) is 1. The summed E-state index contributed by atoms with van der Waals surface area (Å²) < 4.78 is 14.9. The zero-order valence-corrected chi connectivity index (χ0v) is 10.2. The van der Waals surface area contributed by atoms with Crippen molar-refractivity contribution in [3.8, 4) is 0 Å². The monoisotopic (exact) mass is 249 g/mol. The SMILES string of the molecule is CCCn1ccnc1C(NN)c1ccc(F)cn1. The summed E-state index contributed by atoms with van der Waals surface area (Å²) in [5, 5.41) is 0. The van der Waals surface area contributed by atoms with Crippen molar-refractivity contribution >= 4 is 0 Å². The van der Waals surface area contributed by atoms with Gasteiger partial charge in [0.15, 0.2) is 0 Å². The summed E-state index contributed by atoms with van der Waals surface area (Å²) >= 11 is 0. The zero-order chi connectivity index (χ0) is 13.0. The molecule has 6 heteroatoms. The Balaban J connectivity index is 2.32. The highest BCUT2D eigenvalue weighted by Gasteiger charge is 2.18. The molecule has 0 aromatic carbocycles. The second-order valence-corrected chi connectivity index (χ2v) is 3.98. The molecule has 0 aliphatic rings. The summed E-state index contributed by atoms with van der Waals surface area (Å²) in [5.41, 5.74) is 3.31. The molecule has 96 valence electrons. The number of imidazole rings is 1. The predicted octanol–water partition coefficient (Wildman–Crippen LogP) is 1.38. The Morgan fingerprint density at radius 2 is 2.28 bits per heavy atom. The van der Waals surface area contributed by atoms with Crippen molar-refractivity contribution < 1.29 is 4.39 Å². The van der Waals surface area contributed by atoms with Crippen molar-refractivity contribution in [3.63, 3.8) is 0 Å². The third kappa shape index (κ3) is 2.55. The van der Waals surface area contributed by atoms with Gasteiger partial charge in [-0.2, -0.15) is 0 Å². The maximum atomic E-state index is 12.9. The minimum atomic E-state index is -0.369. The fraction of sp³-hybridized carbons (Fsp3) is 0.333. The first-order chi connectivity index (χ1) is 8.76. The van der Waals surface area contributed by atoms with Gasteiger partial charge in [0, 0.05) is 18.9 Å². The molecule has 0 saturated heterocycles. The van der Waals surface area contributed by atoms with Gasteiger partial charge in [-0.15, -0.1) is 0 Å². The first kappa shape index (κ1) is 12.7. The zero-order valence-electron chi connectivity index (χ0n) is 10.2. The molecule has 3 N–H and O–H groups in total. The highest BCUT2D eigenvalue weighted by Crippen LogP contribution is 2.18. The van der Waals surface area contributed by atoms with E-state index in [0.717, 1.165) is 18.8 Å². The van der Waals surface area contributed by atoms with Crippen LogP contribution in [0.1, 0.15) is 30.9 Å². The molecule has 2 heterocycles. The molecular weight excluding hydrogens is 233 g/mol. The summed E-state index contributed by atoms with van der Waals surface area (Å²) in [5.74, 6) is 5.97. The van der Waals surface area contributed by atoms with Gasteiger partial charge in [0.05, 0.1) is 11.9 Å². The molecule has 0 fully saturated rings. The Morgan fingerprint density at radius 1 is 1.44 bits per heavy atom. The lowest BCUT2D eigenvalue weighted by Gasteiger charge is -2.16. The fourth-order valence-corrected chi connectivity index (χ4v) is 1.86. The van der Waals surface area contributed by atoms with Crippen LogP contribution in [0.4, 0.5) is 4.39 Å². The van der Waals surface area contributed by atoms with E-state index in [1.54, 1.807) is 12.3 Å². The first-order valence-electron chi connectivity index (χ1n) is 5.85. The minimum absolute atomic E-state index is 0.341. The maximum Gasteiger partial charge on any atom is 0.141 e. The molecule has 0 spiro atoms. The van der Waals surface area contributed by atoms with E-state index in [-0.39, 0.29) is 11.9 Å². The number of nitrogens with one attached hydrogen (secondary N) is 1. The highest BCUT2D eigenvalue weighted by atomic mass is 19.1. The van der Waals surface area contributed by atoms with Gasteiger partial charge in [0.1, 0.15) is 17.7 Å². The quantitative estimate of drug-likeness (QED) is 0.620. The average molecular weight is 249 g/mol. The third-order valence-corrected chi connectivity index (χ3v) is 2.68. The molecule has 2 aromatic heterocycles. The smallest absolute Gasteiger partial charge is 0.141 e. The van der Waals surface area contributed by atoms with Gasteiger partial charge in [0.2, 0.25) is 0 Å². The predicted molar refractivity (Wildman–Crippen MR) is 65.9 cm³/mol. The molecular formula is C12H16FN5. The van der Waals surface area contributed by atoms with Gasteiger partial charge in [-0.05, 0) is 18.6 Å². The van der Waals surface area contributed by atoms with Gasteiger partial charge in [0.25, 0.3) is 0 Å². The lowest BCUT2D eigenvalue weighted by atomic mass is 10.2. The number of nitrogens with zero attached hydrogens (tertiary/aromatic N) is 3. The van der Waals surface area contributed by atoms with Crippen molar-refractivity contribution in [2.75, 3.05) is 0 Å². The van der Waals surface area contributed by atoms with E-state index in [9.17, 15) is 4.39 Å². The van der Waals surface area contributed by atoms with Crippen LogP contribution in [0.5, 0.6) is 0 Å². The van der Waals surface area contributed by atoms with Crippen LogP contribution in [0.25, 0.3) is 0 Å². The molecule has 0 radical (unpaired) electrons. The van der Waals surface area contributed by atoms with Crippen molar-refractivity contribution in [1.82, 2.24) is 20.0 Å². The molecule has 1 unspecified atom stereocenters. The Hall–Kier alpha value is -1.79. The molecule has 0 amide bonds. The second-order valence-electron chi connectivity index (χ2n) is 3.98. The molecule has 5 nitrogen and oxygen atoms in total. The topological polar surface area (TPSA) is 68.8 Å². The van der Waals surface area contributed by atoms with E-state index in [0.29, 0.717) is 5.69 Å². The molecule has 0 aliphatic carbocycles. The normalized spacial score (nSPS) is 12.6. The number of aromatic nitrogens is 3. The summed E-state index contributed by atoms with van der Waals surface area (Å²) in [7, 11) is 0. The Bertz CT molecular complexity index is 493. The van der Waals surface area contributed by atoms with Crippen LogP contribution in [0, 0.1) is 5.82 Å². The number of hydrogen-bond acceptors (Lipinski definition) is 4. The van der Waals surface area contributed by atoms with E-state index in [1.165, 1.54) is 12.3 Å². The number of aryl methyl sites for hydroxylation is 1. The van der Waals surface area contributed by atoms with Gasteiger partial charge in [-0.25, -0.2) is 14.8 Å². The summed E-state index contributed by atoms with van der Waals surface area (Å²) in [6.07, 6.45) is 5.79. The van der Waals surface area contributed by atoms with Crippen molar-refractivity contribution in [1.29, 1.82) is 0 Å². The standard InChI is InChI=1S/C12H16FN5/c1-2-6-18-7-5-15-12(18)11(17-14)10-4-3-9(13)8-16-10/h3-5,7-8,11,17H,2,6,14H2,1H3. The molecule has 18 heavy (non-hydrogen) atoms. The summed E-state index contributed by atoms with van der Waals surface area (Å²) in [4.78, 5) is 8.33. The highest BCUT2D eigenvalue weighted by molar-refractivity contribution is 5.18. The number of hydrazine groups is 1. The molecule has 1 atom stereocenters. The summed E-state index contributed by atoms with van der Waals surface area (Å²) in [6.45, 7) is 2.94. The van der Waals surface area contributed by atoms with E-state index < -0.39 is 0 Å². The molecule has 0 saturated carbocycles. The van der Waals surface area contributed by atoms with Gasteiger partial charge < -0.3 is 4.57 Å². The number of halogens is 1. The average Bonchev–Trinajstić information content (AvgIpc) is 2.82. The number of pyridine rings is 1. The first-order valence-corrected chi connectivity index (χ1v) is 5.85. The Labute approximate surface area is 105 Å². The molecule has 0 bridgehead atoms. The number of rotatable bonds is 5. The van der Waals surface area contributed by atoms with E-state index in [2.05, 4.69) is 22.3 Å². The van der Waals surface area contributed by atoms with Crippen LogP contribution in [0.3, 0.4) is 0 Å². The van der Waals surface area contributed by atoms with E-state index >= 15 is 0 Å². The second kappa shape index (κ2) is 5.70. The number of hydrogen-bond donors (Lipinski definition) is 2. The van der Waals surface area contributed by atoms with Crippen molar-refractivity contribution in [2.45, 2.75) is 25.9 Å². The van der Waals surface area contributed by atoms with Crippen LogP contribution in [0.15, 0.2) is 30.7 Å². The molecule has 0 aliphatic heterocycles. The molecule has 2 rings (SSSR count). The van der Waals surface area contributed by atoms with E-state index in [1.807, 2.05) is 10.8 Å². The van der Waals surface area contributed by atoms with Gasteiger partial charge in [-0.1, -0.05) is 6.92 Å². The van der Waals surface area contributed by atoms with Crippen LogP contribution in [-0.2, 0) is 6.54 Å². The van der Waals surface area contributed by atoms with Gasteiger partial charge >= 0.3 is 0 Å². The lowest BCUT2D eigenvalue weighted by molar-refractivity contribution is 0.533. The Morgan fingerprint density at radius 3 is 2.89 bits per heavy atom. The van der Waals surface area contributed by atoms with Crippen LogP contribution in [0.2, 0.25) is 0 Å². The minimum Gasteiger partial charge on any atom is -0.333 e. The fourth-order valence-electron chi connectivity index (χ4n) is 1.86. The van der Waals surface area contributed by atoms with Crippen LogP contribution >= 0.6 is 0 Å². The lowest BCUT2D eigenvalue weighted by Crippen LogP contribution is -2.31. The van der Waals surface area contributed by atoms with E-state index in [4.69, 9.17) is 5.84 Å². The van der Waals surface area contributed by atoms with Crippen LogP contribution in [-0.4, -0.2) is 14.5 Å². The van der Waals surface area contributed by atoms with Crippen molar-refractivity contribution in [2.24, 2.45) is 5.84 Å². The van der Waals surface area contributed by atoms with Crippen LogP contribution < -0.4 is 11.3 Å². The summed E-state index contributed by atoms with van der Waals surface area (Å²) in [6, 6.07) is 2.62. The third-order valence-electron chi connectivity index (χ3n) is 2.68. The largest absolute Gasteiger partial charge is 0.333 e. The Kier molecular flexibility index (Phi) is 4.01.